The predicted molar refractivity (Wildman–Crippen MR) is 106 cm³/mol. The number of nitrogens with one attached hydrogen (secondary N) is 1. The van der Waals surface area contributed by atoms with Gasteiger partial charge in [0.15, 0.2) is 5.82 Å². The van der Waals surface area contributed by atoms with Gasteiger partial charge < -0.3 is 0 Å². The summed E-state index contributed by atoms with van der Waals surface area (Å²) in [4.78, 5) is 21.1. The molecule has 1 N–H and O–H groups in total. The number of thioether (sulfide) groups is 1. The number of pyridine rings is 1. The van der Waals surface area contributed by atoms with E-state index in [0.717, 1.165) is 21.5 Å². The van der Waals surface area contributed by atoms with Crippen molar-refractivity contribution in [2.75, 3.05) is 11.1 Å². The van der Waals surface area contributed by atoms with Crippen molar-refractivity contribution in [3.8, 4) is 11.4 Å². The maximum atomic E-state index is 12.2. The molecule has 0 aliphatic heterocycles. The minimum Gasteiger partial charge on any atom is -0.300 e. The first-order valence-corrected chi connectivity index (χ1v) is 9.71. The van der Waals surface area contributed by atoms with Gasteiger partial charge in [-0.25, -0.2) is 4.98 Å². The fraction of sp³-hybridized carbons (Fsp3) is 0.0526. The van der Waals surface area contributed by atoms with Gasteiger partial charge >= 0.3 is 0 Å². The summed E-state index contributed by atoms with van der Waals surface area (Å²) in [7, 11) is 0. The highest BCUT2D eigenvalue weighted by molar-refractivity contribution is 7.99. The Morgan fingerprint density at radius 3 is 2.65 bits per heavy atom. The van der Waals surface area contributed by atoms with Gasteiger partial charge in [-0.05, 0) is 12.1 Å². The number of carbonyl (C=O) groups is 1. The molecule has 0 fully saturated rings. The molecule has 0 aliphatic carbocycles. The highest BCUT2D eigenvalue weighted by Crippen LogP contribution is 2.22. The number of rotatable bonds is 5. The quantitative estimate of drug-likeness (QED) is 0.519. The van der Waals surface area contributed by atoms with Crippen molar-refractivity contribution in [2.24, 2.45) is 0 Å². The van der Waals surface area contributed by atoms with Crippen LogP contribution in [-0.4, -0.2) is 26.0 Å². The lowest BCUT2D eigenvalue weighted by molar-refractivity contribution is -0.113. The molecule has 7 heteroatoms. The number of anilines is 1. The second-order valence-corrected chi connectivity index (χ2v) is 7.22. The Morgan fingerprint density at radius 2 is 1.77 bits per heavy atom. The van der Waals surface area contributed by atoms with E-state index in [9.17, 15) is 4.79 Å². The molecule has 0 spiro atoms. The van der Waals surface area contributed by atoms with Gasteiger partial charge in [-0.1, -0.05) is 66.4 Å². The summed E-state index contributed by atoms with van der Waals surface area (Å²) in [5, 5.41) is 5.20. The second kappa shape index (κ2) is 7.63. The van der Waals surface area contributed by atoms with Crippen LogP contribution in [0.3, 0.4) is 0 Å². The normalized spacial score (nSPS) is 10.8. The molecule has 0 unspecified atom stereocenters. The van der Waals surface area contributed by atoms with Crippen molar-refractivity contribution in [3.63, 3.8) is 0 Å². The van der Waals surface area contributed by atoms with Crippen LogP contribution in [0, 0.1) is 0 Å². The summed E-state index contributed by atoms with van der Waals surface area (Å²) < 4.78 is 4.29. The zero-order valence-corrected chi connectivity index (χ0v) is 15.3. The molecule has 0 saturated carbocycles. The molecule has 0 aliphatic rings. The molecule has 2 aromatic carbocycles. The molecule has 0 saturated heterocycles. The van der Waals surface area contributed by atoms with Crippen molar-refractivity contribution in [2.45, 2.75) is 5.03 Å². The van der Waals surface area contributed by atoms with Crippen LogP contribution in [0.2, 0.25) is 0 Å². The first-order valence-electron chi connectivity index (χ1n) is 7.95. The molecule has 0 bridgehead atoms. The lowest BCUT2D eigenvalue weighted by atomic mass is 10.2. The molecule has 4 rings (SSSR count). The lowest BCUT2D eigenvalue weighted by Crippen LogP contribution is -2.13. The van der Waals surface area contributed by atoms with Crippen molar-refractivity contribution in [1.29, 1.82) is 0 Å². The smallest absolute Gasteiger partial charge is 0.236 e. The van der Waals surface area contributed by atoms with Crippen LogP contribution < -0.4 is 5.32 Å². The Bertz CT molecular complexity index is 1050. The summed E-state index contributed by atoms with van der Waals surface area (Å²) in [6.07, 6.45) is 0. The van der Waals surface area contributed by atoms with Gasteiger partial charge in [0.1, 0.15) is 0 Å². The number of hydrogen-bond acceptors (Lipinski definition) is 6. The second-order valence-electron chi connectivity index (χ2n) is 5.47. The van der Waals surface area contributed by atoms with Crippen LogP contribution in [-0.2, 0) is 4.79 Å². The predicted octanol–water partition coefficient (Wildman–Crippen LogP) is 4.48. The van der Waals surface area contributed by atoms with Gasteiger partial charge in [0.05, 0.1) is 16.3 Å². The number of fused-ring (bicyclic) bond motifs is 1. The molecule has 4 aromatic rings. The molecule has 0 atom stereocenters. The van der Waals surface area contributed by atoms with E-state index in [0.29, 0.717) is 11.0 Å². The fourth-order valence-corrected chi connectivity index (χ4v) is 3.69. The number of para-hydroxylation sites is 1. The van der Waals surface area contributed by atoms with E-state index in [1.165, 1.54) is 23.3 Å². The van der Waals surface area contributed by atoms with E-state index in [4.69, 9.17) is 0 Å². The molecule has 26 heavy (non-hydrogen) atoms. The average Bonchev–Trinajstić information content (AvgIpc) is 3.15. The first kappa shape index (κ1) is 16.7. The van der Waals surface area contributed by atoms with Crippen LogP contribution in [0.15, 0.2) is 71.8 Å². The Kier molecular flexibility index (Phi) is 4.90. The van der Waals surface area contributed by atoms with E-state index < -0.39 is 0 Å². The van der Waals surface area contributed by atoms with Gasteiger partial charge in [0.2, 0.25) is 11.0 Å². The number of benzene rings is 2. The summed E-state index contributed by atoms with van der Waals surface area (Å²) in [6.45, 7) is 0. The Morgan fingerprint density at radius 1 is 0.962 bits per heavy atom. The number of amides is 1. The maximum Gasteiger partial charge on any atom is 0.236 e. The Hall–Kier alpha value is -2.77. The van der Waals surface area contributed by atoms with Crippen molar-refractivity contribution in [1.82, 2.24) is 14.3 Å². The van der Waals surface area contributed by atoms with Gasteiger partial charge in [0, 0.05) is 22.5 Å². The van der Waals surface area contributed by atoms with E-state index >= 15 is 0 Å². The van der Waals surface area contributed by atoms with Crippen molar-refractivity contribution >= 4 is 45.2 Å². The molecular formula is C19H14N4OS2. The zero-order chi connectivity index (χ0) is 17.8. The van der Waals surface area contributed by atoms with Crippen molar-refractivity contribution in [3.05, 3.63) is 66.7 Å². The molecule has 128 valence electrons. The van der Waals surface area contributed by atoms with Gasteiger partial charge in [-0.15, -0.1) is 0 Å². The highest BCUT2D eigenvalue weighted by Gasteiger charge is 2.10. The van der Waals surface area contributed by atoms with E-state index in [1.807, 2.05) is 66.7 Å². The third-order valence-corrected chi connectivity index (χ3v) is 5.19. The fourth-order valence-electron chi connectivity index (χ4n) is 2.40. The monoisotopic (exact) mass is 378 g/mol. The highest BCUT2D eigenvalue weighted by atomic mass is 32.2. The Labute approximate surface area is 158 Å². The molecule has 1 amide bonds. The van der Waals surface area contributed by atoms with Crippen molar-refractivity contribution < 1.29 is 4.79 Å². The van der Waals surface area contributed by atoms with Crippen LogP contribution in [0.5, 0.6) is 0 Å². The number of hydrogen-bond donors (Lipinski definition) is 1. The van der Waals surface area contributed by atoms with E-state index in [-0.39, 0.29) is 11.7 Å². The summed E-state index contributed by atoms with van der Waals surface area (Å²) in [6, 6.07) is 21.5. The van der Waals surface area contributed by atoms with Gasteiger partial charge in [0.25, 0.3) is 0 Å². The summed E-state index contributed by atoms with van der Waals surface area (Å²) in [5.74, 6) is 0.765. The Balaban J connectivity index is 1.37. The molecular weight excluding hydrogens is 364 g/mol. The lowest BCUT2D eigenvalue weighted by Gasteiger charge is -2.03. The molecule has 5 nitrogen and oxygen atoms in total. The third-order valence-electron chi connectivity index (χ3n) is 3.63. The van der Waals surface area contributed by atoms with Crippen LogP contribution >= 0.6 is 23.3 Å². The standard InChI is InChI=1S/C19H14N4OS2/c24-16(12-25-17-11-10-13-6-4-5-9-15(13)20-17)21-19-22-18(23-26-19)14-7-2-1-3-8-14/h1-11H,12H2,(H,21,22,23,24). The minimum atomic E-state index is -0.124. The average molecular weight is 378 g/mol. The number of carbonyl (C=O) groups excluding carboxylic acids is 1. The molecule has 0 radical (unpaired) electrons. The number of aromatic nitrogens is 3. The third kappa shape index (κ3) is 3.89. The SMILES string of the molecule is O=C(CSc1ccc2ccccc2n1)Nc1nc(-c2ccccc2)ns1. The number of nitrogens with zero attached hydrogens (tertiary/aromatic N) is 3. The zero-order valence-electron chi connectivity index (χ0n) is 13.6. The first-order chi connectivity index (χ1) is 12.8. The maximum absolute atomic E-state index is 12.2. The van der Waals surface area contributed by atoms with Gasteiger partial charge in [-0.3, -0.25) is 10.1 Å². The topological polar surface area (TPSA) is 67.8 Å². The van der Waals surface area contributed by atoms with Crippen LogP contribution in [0.4, 0.5) is 5.13 Å². The van der Waals surface area contributed by atoms with Crippen LogP contribution in [0.25, 0.3) is 22.3 Å². The largest absolute Gasteiger partial charge is 0.300 e. The van der Waals surface area contributed by atoms with E-state index in [2.05, 4.69) is 19.7 Å². The summed E-state index contributed by atoms with van der Waals surface area (Å²) >= 11 is 2.58. The van der Waals surface area contributed by atoms with Crippen LogP contribution in [0.1, 0.15) is 0 Å². The molecule has 2 aromatic heterocycles. The van der Waals surface area contributed by atoms with E-state index in [1.54, 1.807) is 0 Å². The molecule has 2 heterocycles. The summed E-state index contributed by atoms with van der Waals surface area (Å²) in [5.41, 5.74) is 1.86. The minimum absolute atomic E-state index is 0.124. The van der Waals surface area contributed by atoms with Gasteiger partial charge in [-0.2, -0.15) is 9.36 Å².